The zero-order valence-corrected chi connectivity index (χ0v) is 13.3. The Morgan fingerprint density at radius 2 is 1.81 bits per heavy atom. The van der Waals surface area contributed by atoms with Crippen LogP contribution in [0.5, 0.6) is 0 Å². The van der Waals surface area contributed by atoms with Gasteiger partial charge in [0.05, 0.1) is 10.5 Å². The molecule has 2 aromatic rings. The summed E-state index contributed by atoms with van der Waals surface area (Å²) >= 11 is 0. The monoisotopic (exact) mass is 357 g/mol. The van der Waals surface area contributed by atoms with Crippen LogP contribution >= 0.6 is 0 Å². The van der Waals surface area contributed by atoms with Crippen molar-refractivity contribution in [1.29, 1.82) is 0 Å². The fraction of sp³-hybridized carbons (Fsp3) is 0.118. The lowest BCUT2D eigenvalue weighted by Crippen LogP contribution is -2.40. The second-order valence-corrected chi connectivity index (χ2v) is 5.56. The predicted octanol–water partition coefficient (Wildman–Crippen LogP) is 1.65. The normalized spacial score (nSPS) is 12.9. The molecule has 0 bridgehead atoms. The topological polar surface area (TPSA) is 110 Å². The number of nitro benzene ring substituents is 1. The molecule has 1 heterocycles. The van der Waals surface area contributed by atoms with Gasteiger partial charge in [0.1, 0.15) is 17.9 Å². The van der Waals surface area contributed by atoms with Crippen LogP contribution in [0.15, 0.2) is 42.5 Å². The van der Waals surface area contributed by atoms with Crippen LogP contribution < -0.4 is 5.32 Å². The van der Waals surface area contributed by atoms with Crippen LogP contribution in [0.1, 0.15) is 26.3 Å². The number of hydrogen-bond donors (Lipinski definition) is 1. The van der Waals surface area contributed by atoms with Crippen molar-refractivity contribution in [3.63, 3.8) is 0 Å². The van der Waals surface area contributed by atoms with Crippen molar-refractivity contribution in [3.8, 4) is 0 Å². The van der Waals surface area contributed by atoms with Crippen LogP contribution in [0.3, 0.4) is 0 Å². The van der Waals surface area contributed by atoms with E-state index in [0.717, 1.165) is 6.07 Å². The molecule has 0 fully saturated rings. The Bertz CT molecular complexity index is 926. The maximum atomic E-state index is 12.8. The minimum Gasteiger partial charge on any atom is -0.350 e. The molecule has 9 heteroatoms. The van der Waals surface area contributed by atoms with Gasteiger partial charge in [0, 0.05) is 12.6 Å². The Balaban J connectivity index is 1.70. The van der Waals surface area contributed by atoms with Gasteiger partial charge < -0.3 is 5.32 Å². The van der Waals surface area contributed by atoms with Crippen LogP contribution in [0.2, 0.25) is 0 Å². The number of benzene rings is 2. The number of nitrogens with zero attached hydrogens (tertiary/aromatic N) is 2. The van der Waals surface area contributed by atoms with E-state index in [1.165, 1.54) is 36.4 Å². The summed E-state index contributed by atoms with van der Waals surface area (Å²) in [4.78, 5) is 47.6. The van der Waals surface area contributed by atoms with E-state index < -0.39 is 40.7 Å². The number of imide groups is 1. The minimum absolute atomic E-state index is 0.0857. The van der Waals surface area contributed by atoms with Gasteiger partial charge >= 0.3 is 0 Å². The number of carbonyl (C=O) groups is 3. The second-order valence-electron chi connectivity index (χ2n) is 5.56. The molecule has 0 unspecified atom stereocenters. The molecule has 0 saturated heterocycles. The third-order valence-electron chi connectivity index (χ3n) is 3.88. The molecule has 0 saturated carbocycles. The first-order valence-corrected chi connectivity index (χ1v) is 7.53. The van der Waals surface area contributed by atoms with Crippen molar-refractivity contribution in [2.75, 3.05) is 6.54 Å². The van der Waals surface area contributed by atoms with Gasteiger partial charge in [0.25, 0.3) is 17.5 Å². The largest absolute Gasteiger partial charge is 0.350 e. The number of halogens is 1. The summed E-state index contributed by atoms with van der Waals surface area (Å²) in [6.45, 7) is -0.479. The fourth-order valence-corrected chi connectivity index (χ4v) is 2.61. The van der Waals surface area contributed by atoms with Crippen LogP contribution in [0.25, 0.3) is 0 Å². The molecule has 1 aliphatic rings. The van der Waals surface area contributed by atoms with Crippen molar-refractivity contribution < 1.29 is 23.7 Å². The van der Waals surface area contributed by atoms with E-state index in [1.54, 1.807) is 0 Å². The van der Waals surface area contributed by atoms with Crippen molar-refractivity contribution in [2.24, 2.45) is 0 Å². The van der Waals surface area contributed by atoms with E-state index in [4.69, 9.17) is 0 Å². The lowest BCUT2D eigenvalue weighted by molar-refractivity contribution is -0.385. The number of fused-ring (bicyclic) bond motifs is 1. The highest BCUT2D eigenvalue weighted by molar-refractivity contribution is 6.24. The molecule has 0 spiro atoms. The molecular weight excluding hydrogens is 345 g/mol. The van der Waals surface area contributed by atoms with Crippen LogP contribution in [-0.2, 0) is 11.3 Å². The van der Waals surface area contributed by atoms with E-state index in [0.29, 0.717) is 10.5 Å². The second kappa shape index (κ2) is 6.71. The van der Waals surface area contributed by atoms with Gasteiger partial charge in [0.2, 0.25) is 5.91 Å². The molecule has 8 nitrogen and oxygen atoms in total. The molecule has 3 amide bonds. The zero-order valence-electron chi connectivity index (χ0n) is 13.3. The highest BCUT2D eigenvalue weighted by atomic mass is 19.1. The molecule has 26 heavy (non-hydrogen) atoms. The van der Waals surface area contributed by atoms with E-state index in [-0.39, 0.29) is 17.7 Å². The van der Waals surface area contributed by atoms with Gasteiger partial charge in [-0.1, -0.05) is 18.2 Å². The quantitative estimate of drug-likeness (QED) is 0.497. The maximum absolute atomic E-state index is 12.8. The van der Waals surface area contributed by atoms with Crippen molar-refractivity contribution >= 4 is 23.4 Å². The van der Waals surface area contributed by atoms with Gasteiger partial charge in [-0.15, -0.1) is 0 Å². The molecule has 2 aromatic carbocycles. The standard InChI is InChI=1S/C17H12FN3O5/c18-11-6-4-10(5-7-11)8-19-14(22)9-20-16(23)12-2-1-3-13(21(25)26)15(12)17(20)24/h1-7H,8-9H2,(H,19,22). The first-order valence-electron chi connectivity index (χ1n) is 7.53. The molecule has 0 aromatic heterocycles. The summed E-state index contributed by atoms with van der Waals surface area (Å²) in [5.74, 6) is -2.67. The molecule has 3 rings (SSSR count). The summed E-state index contributed by atoms with van der Waals surface area (Å²) in [7, 11) is 0. The molecule has 0 aliphatic carbocycles. The highest BCUT2D eigenvalue weighted by Crippen LogP contribution is 2.30. The van der Waals surface area contributed by atoms with Crippen molar-refractivity contribution in [2.45, 2.75) is 6.54 Å². The Morgan fingerprint density at radius 1 is 1.12 bits per heavy atom. The summed E-state index contributed by atoms with van der Waals surface area (Å²) in [5, 5.41) is 13.6. The van der Waals surface area contributed by atoms with Gasteiger partial charge in [0.15, 0.2) is 0 Å². The number of carbonyl (C=O) groups excluding carboxylic acids is 3. The fourth-order valence-electron chi connectivity index (χ4n) is 2.61. The lowest BCUT2D eigenvalue weighted by atomic mass is 10.1. The van der Waals surface area contributed by atoms with Crippen molar-refractivity contribution in [1.82, 2.24) is 10.2 Å². The first-order chi connectivity index (χ1) is 12.4. The summed E-state index contributed by atoms with van der Waals surface area (Å²) in [6.07, 6.45) is 0. The van der Waals surface area contributed by atoms with Crippen molar-refractivity contribution in [3.05, 3.63) is 75.1 Å². The molecular formula is C17H12FN3O5. The molecule has 0 atom stereocenters. The average molecular weight is 357 g/mol. The minimum atomic E-state index is -0.880. The average Bonchev–Trinajstić information content (AvgIpc) is 2.86. The summed E-state index contributed by atoms with van der Waals surface area (Å²) < 4.78 is 12.8. The Hall–Kier alpha value is -3.62. The number of amides is 3. The van der Waals surface area contributed by atoms with E-state index in [1.807, 2.05) is 0 Å². The lowest BCUT2D eigenvalue weighted by Gasteiger charge is -2.13. The predicted molar refractivity (Wildman–Crippen MR) is 86.7 cm³/mol. The number of hydrogen-bond acceptors (Lipinski definition) is 5. The highest BCUT2D eigenvalue weighted by Gasteiger charge is 2.41. The molecule has 1 N–H and O–H groups in total. The Morgan fingerprint density at radius 3 is 2.46 bits per heavy atom. The summed E-state index contributed by atoms with van der Waals surface area (Å²) in [5.41, 5.74) is -0.253. The number of nitro groups is 1. The third kappa shape index (κ3) is 3.14. The van der Waals surface area contributed by atoms with E-state index in [9.17, 15) is 28.9 Å². The van der Waals surface area contributed by atoms with Crippen LogP contribution in [-0.4, -0.2) is 34.1 Å². The maximum Gasteiger partial charge on any atom is 0.282 e. The first kappa shape index (κ1) is 17.2. The SMILES string of the molecule is O=C(CN1C(=O)c2cccc([N+](=O)[O-])c2C1=O)NCc1ccc(F)cc1. The molecule has 1 aliphatic heterocycles. The van der Waals surface area contributed by atoms with Crippen LogP contribution in [0, 0.1) is 15.9 Å². The van der Waals surface area contributed by atoms with Gasteiger partial charge in [-0.05, 0) is 23.8 Å². The zero-order chi connectivity index (χ0) is 18.8. The number of rotatable bonds is 5. The molecule has 132 valence electrons. The molecule has 0 radical (unpaired) electrons. The van der Waals surface area contributed by atoms with Gasteiger partial charge in [-0.25, -0.2) is 4.39 Å². The number of nitrogens with one attached hydrogen (secondary N) is 1. The van der Waals surface area contributed by atoms with E-state index in [2.05, 4.69) is 5.32 Å². The Labute approximate surface area is 146 Å². The van der Waals surface area contributed by atoms with Crippen LogP contribution in [0.4, 0.5) is 10.1 Å². The van der Waals surface area contributed by atoms with Gasteiger partial charge in [-0.3, -0.25) is 29.4 Å². The van der Waals surface area contributed by atoms with Gasteiger partial charge in [-0.2, -0.15) is 0 Å². The van der Waals surface area contributed by atoms with E-state index >= 15 is 0 Å². The Kier molecular flexibility index (Phi) is 4.44. The summed E-state index contributed by atoms with van der Waals surface area (Å²) in [6, 6.07) is 9.19. The smallest absolute Gasteiger partial charge is 0.282 e. The third-order valence-corrected chi connectivity index (χ3v) is 3.88.